The summed E-state index contributed by atoms with van der Waals surface area (Å²) in [6.45, 7) is 3.24. The van der Waals surface area contributed by atoms with Crippen molar-refractivity contribution in [3.05, 3.63) is 71.3 Å². The Hall–Kier alpha value is -1.60. The Balaban J connectivity index is 1.73. The van der Waals surface area contributed by atoms with Gasteiger partial charge in [0.05, 0.1) is 0 Å². The lowest BCUT2D eigenvalue weighted by Crippen LogP contribution is -2.24. The van der Waals surface area contributed by atoms with Crippen molar-refractivity contribution in [1.82, 2.24) is 5.32 Å². The molecule has 0 radical (unpaired) electrons. The maximum atomic E-state index is 3.69. The van der Waals surface area contributed by atoms with Gasteiger partial charge in [0.25, 0.3) is 0 Å². The summed E-state index contributed by atoms with van der Waals surface area (Å²) in [5, 5.41) is 3.69. The smallest absolute Gasteiger partial charge is 0.00684 e. The third-order valence-electron chi connectivity index (χ3n) is 4.10. The molecule has 1 fully saturated rings. The van der Waals surface area contributed by atoms with E-state index >= 15 is 0 Å². The van der Waals surface area contributed by atoms with Crippen LogP contribution in [0.3, 0.4) is 0 Å². The SMILES string of the molecule is Cc1ccc(C(CNC2CC2)Cc2ccccc2)cc1. The molecule has 3 rings (SSSR count). The van der Waals surface area contributed by atoms with Gasteiger partial charge in [-0.25, -0.2) is 0 Å². The summed E-state index contributed by atoms with van der Waals surface area (Å²) >= 11 is 0. The van der Waals surface area contributed by atoms with Crippen LogP contribution in [0.15, 0.2) is 54.6 Å². The van der Waals surface area contributed by atoms with E-state index in [0.717, 1.165) is 19.0 Å². The van der Waals surface area contributed by atoms with Gasteiger partial charge in [0.2, 0.25) is 0 Å². The molecular weight excluding hydrogens is 242 g/mol. The second kappa shape index (κ2) is 6.23. The Bertz CT molecular complexity index is 525. The normalized spacial score (nSPS) is 16.1. The topological polar surface area (TPSA) is 12.0 Å². The molecule has 0 heterocycles. The molecule has 1 nitrogen and oxygen atoms in total. The highest BCUT2D eigenvalue weighted by Crippen LogP contribution is 2.24. The fourth-order valence-corrected chi connectivity index (χ4v) is 2.64. The first-order valence-corrected chi connectivity index (χ1v) is 7.65. The molecule has 0 bridgehead atoms. The lowest BCUT2D eigenvalue weighted by atomic mass is 9.91. The van der Waals surface area contributed by atoms with Gasteiger partial charge >= 0.3 is 0 Å². The van der Waals surface area contributed by atoms with Gasteiger partial charge < -0.3 is 5.32 Å². The standard InChI is InChI=1S/C19H23N/c1-15-7-9-17(10-8-15)18(14-20-19-11-12-19)13-16-5-3-2-4-6-16/h2-10,18-20H,11-14H2,1H3. The third-order valence-corrected chi connectivity index (χ3v) is 4.10. The van der Waals surface area contributed by atoms with E-state index in [0.29, 0.717) is 5.92 Å². The van der Waals surface area contributed by atoms with Crippen molar-refractivity contribution in [3.63, 3.8) is 0 Å². The Morgan fingerprint density at radius 3 is 2.35 bits per heavy atom. The summed E-state index contributed by atoms with van der Waals surface area (Å²) in [5.74, 6) is 0.568. The Labute approximate surface area is 122 Å². The van der Waals surface area contributed by atoms with E-state index in [1.165, 1.54) is 29.5 Å². The molecule has 0 amide bonds. The van der Waals surface area contributed by atoms with Crippen LogP contribution in [0.2, 0.25) is 0 Å². The van der Waals surface area contributed by atoms with Crippen molar-refractivity contribution in [1.29, 1.82) is 0 Å². The first kappa shape index (κ1) is 13.4. The minimum Gasteiger partial charge on any atom is -0.313 e. The number of hydrogen-bond acceptors (Lipinski definition) is 1. The van der Waals surface area contributed by atoms with Crippen LogP contribution in [0.4, 0.5) is 0 Å². The van der Waals surface area contributed by atoms with Gasteiger partial charge in [-0.05, 0) is 37.3 Å². The van der Waals surface area contributed by atoms with Gasteiger partial charge in [-0.2, -0.15) is 0 Å². The molecule has 1 heteroatoms. The molecule has 0 saturated heterocycles. The average molecular weight is 265 g/mol. The van der Waals surface area contributed by atoms with Crippen LogP contribution >= 0.6 is 0 Å². The molecule has 1 N–H and O–H groups in total. The van der Waals surface area contributed by atoms with E-state index in [1.54, 1.807) is 0 Å². The van der Waals surface area contributed by atoms with Gasteiger partial charge in [-0.15, -0.1) is 0 Å². The number of hydrogen-bond donors (Lipinski definition) is 1. The van der Waals surface area contributed by atoms with E-state index < -0.39 is 0 Å². The molecule has 2 aromatic carbocycles. The zero-order valence-corrected chi connectivity index (χ0v) is 12.2. The zero-order valence-electron chi connectivity index (χ0n) is 12.2. The van der Waals surface area contributed by atoms with Crippen molar-refractivity contribution in [2.45, 2.75) is 38.1 Å². The van der Waals surface area contributed by atoms with Gasteiger partial charge in [0, 0.05) is 18.5 Å². The molecule has 1 aliphatic rings. The largest absolute Gasteiger partial charge is 0.313 e. The van der Waals surface area contributed by atoms with Gasteiger partial charge in [-0.1, -0.05) is 60.2 Å². The molecule has 1 atom stereocenters. The van der Waals surface area contributed by atoms with Crippen molar-refractivity contribution >= 4 is 0 Å². The van der Waals surface area contributed by atoms with Crippen molar-refractivity contribution < 1.29 is 0 Å². The monoisotopic (exact) mass is 265 g/mol. The first-order chi connectivity index (χ1) is 9.81. The molecule has 0 aliphatic heterocycles. The highest BCUT2D eigenvalue weighted by molar-refractivity contribution is 5.27. The Morgan fingerprint density at radius 2 is 1.70 bits per heavy atom. The quantitative estimate of drug-likeness (QED) is 0.830. The molecule has 0 spiro atoms. The summed E-state index contributed by atoms with van der Waals surface area (Å²) in [4.78, 5) is 0. The molecule has 2 aromatic rings. The van der Waals surface area contributed by atoms with E-state index in [2.05, 4.69) is 66.8 Å². The summed E-state index contributed by atoms with van der Waals surface area (Å²) in [5.41, 5.74) is 4.21. The van der Waals surface area contributed by atoms with Crippen LogP contribution < -0.4 is 5.32 Å². The molecule has 104 valence electrons. The van der Waals surface area contributed by atoms with E-state index in [9.17, 15) is 0 Å². The van der Waals surface area contributed by atoms with Crippen LogP contribution in [0.5, 0.6) is 0 Å². The van der Waals surface area contributed by atoms with Crippen molar-refractivity contribution in [2.75, 3.05) is 6.54 Å². The number of nitrogens with one attached hydrogen (secondary N) is 1. The molecule has 1 aliphatic carbocycles. The maximum absolute atomic E-state index is 3.69. The Kier molecular flexibility index (Phi) is 4.17. The summed E-state index contributed by atoms with van der Waals surface area (Å²) in [6, 6.07) is 20.6. The van der Waals surface area contributed by atoms with Crippen molar-refractivity contribution in [2.24, 2.45) is 0 Å². The fourth-order valence-electron chi connectivity index (χ4n) is 2.64. The predicted molar refractivity (Wildman–Crippen MR) is 85.1 cm³/mol. The second-order valence-electron chi connectivity index (χ2n) is 5.98. The number of benzene rings is 2. The maximum Gasteiger partial charge on any atom is 0.00684 e. The highest BCUT2D eigenvalue weighted by atomic mass is 14.9. The molecule has 20 heavy (non-hydrogen) atoms. The van der Waals surface area contributed by atoms with Crippen LogP contribution in [-0.2, 0) is 6.42 Å². The average Bonchev–Trinajstić information content (AvgIpc) is 3.30. The fraction of sp³-hybridized carbons (Fsp3) is 0.368. The second-order valence-corrected chi connectivity index (χ2v) is 5.98. The predicted octanol–water partition coefficient (Wildman–Crippen LogP) is 4.07. The van der Waals surface area contributed by atoms with E-state index in [-0.39, 0.29) is 0 Å². The van der Waals surface area contributed by atoms with E-state index in [1.807, 2.05) is 0 Å². The molecule has 0 aromatic heterocycles. The minimum absolute atomic E-state index is 0.568. The van der Waals surface area contributed by atoms with Crippen molar-refractivity contribution in [3.8, 4) is 0 Å². The lowest BCUT2D eigenvalue weighted by Gasteiger charge is -2.18. The van der Waals surface area contributed by atoms with Crippen LogP contribution in [0, 0.1) is 6.92 Å². The van der Waals surface area contributed by atoms with Gasteiger partial charge in [0.1, 0.15) is 0 Å². The molecule has 1 unspecified atom stereocenters. The highest BCUT2D eigenvalue weighted by Gasteiger charge is 2.22. The summed E-state index contributed by atoms with van der Waals surface area (Å²) < 4.78 is 0. The molecular formula is C19H23N. The Morgan fingerprint density at radius 1 is 1.00 bits per heavy atom. The van der Waals surface area contributed by atoms with Crippen LogP contribution in [0.25, 0.3) is 0 Å². The van der Waals surface area contributed by atoms with Gasteiger partial charge in [0.15, 0.2) is 0 Å². The van der Waals surface area contributed by atoms with Crippen LogP contribution in [0.1, 0.15) is 35.4 Å². The number of rotatable bonds is 6. The summed E-state index contributed by atoms with van der Waals surface area (Å²) in [6.07, 6.45) is 3.82. The minimum atomic E-state index is 0.568. The summed E-state index contributed by atoms with van der Waals surface area (Å²) in [7, 11) is 0. The van der Waals surface area contributed by atoms with Gasteiger partial charge in [-0.3, -0.25) is 0 Å². The first-order valence-electron chi connectivity index (χ1n) is 7.65. The van der Waals surface area contributed by atoms with E-state index in [4.69, 9.17) is 0 Å². The molecule has 1 saturated carbocycles. The third kappa shape index (κ3) is 3.71. The van der Waals surface area contributed by atoms with Crippen LogP contribution in [-0.4, -0.2) is 12.6 Å². The lowest BCUT2D eigenvalue weighted by molar-refractivity contribution is 0.577. The number of aryl methyl sites for hydroxylation is 1. The zero-order chi connectivity index (χ0) is 13.8.